The maximum atomic E-state index is 5.84. The molecule has 0 aliphatic carbocycles. The third-order valence-electron chi connectivity index (χ3n) is 2.19. The summed E-state index contributed by atoms with van der Waals surface area (Å²) in [5.41, 5.74) is 7.88. The monoisotopic (exact) mass is 253 g/mol. The van der Waals surface area contributed by atoms with E-state index in [2.05, 4.69) is 27.8 Å². The van der Waals surface area contributed by atoms with E-state index in [0.29, 0.717) is 5.95 Å². The van der Waals surface area contributed by atoms with Crippen molar-refractivity contribution >= 4 is 32.9 Å². The Hall–Kier alpha value is -1.03. The van der Waals surface area contributed by atoms with Gasteiger partial charge in [0.2, 0.25) is 5.95 Å². The maximum absolute atomic E-state index is 5.84. The van der Waals surface area contributed by atoms with Crippen molar-refractivity contribution in [3.8, 4) is 0 Å². The number of halogens is 1. The maximum Gasteiger partial charge on any atom is 0.201 e. The molecule has 0 unspecified atom stereocenters. The largest absolute Gasteiger partial charge is 0.369 e. The number of aromatic nitrogens is 2. The van der Waals surface area contributed by atoms with Gasteiger partial charge in [-0.1, -0.05) is 13.0 Å². The van der Waals surface area contributed by atoms with E-state index in [9.17, 15) is 0 Å². The number of anilines is 1. The van der Waals surface area contributed by atoms with Crippen LogP contribution in [0.5, 0.6) is 0 Å². The van der Waals surface area contributed by atoms with Gasteiger partial charge in [-0.2, -0.15) is 0 Å². The third kappa shape index (κ3) is 1.39. The summed E-state index contributed by atoms with van der Waals surface area (Å²) in [5, 5.41) is 0. The molecule has 3 nitrogen and oxygen atoms in total. The number of benzene rings is 1. The Kier molecular flexibility index (Phi) is 2.46. The van der Waals surface area contributed by atoms with Crippen LogP contribution in [0.3, 0.4) is 0 Å². The number of nitrogens with two attached hydrogens (primary N) is 1. The quantitative estimate of drug-likeness (QED) is 0.895. The first-order valence-corrected chi connectivity index (χ1v) is 5.43. The predicted molar refractivity (Wildman–Crippen MR) is 62.1 cm³/mol. The van der Waals surface area contributed by atoms with Gasteiger partial charge in [0.05, 0.1) is 11.0 Å². The molecule has 2 rings (SSSR count). The number of fused-ring (bicyclic) bond motifs is 1. The molecule has 0 radical (unpaired) electrons. The second kappa shape index (κ2) is 3.61. The van der Waals surface area contributed by atoms with Crippen molar-refractivity contribution in [2.24, 2.45) is 0 Å². The van der Waals surface area contributed by atoms with Crippen molar-refractivity contribution < 1.29 is 0 Å². The second-order valence-corrected chi connectivity index (χ2v) is 4.08. The lowest BCUT2D eigenvalue weighted by Gasteiger charge is -2.04. The Balaban J connectivity index is 2.73. The molecule has 0 saturated heterocycles. The molecule has 0 atom stereocenters. The molecule has 0 aliphatic rings. The van der Waals surface area contributed by atoms with Crippen LogP contribution < -0.4 is 5.73 Å². The zero-order valence-corrected chi connectivity index (χ0v) is 9.58. The summed E-state index contributed by atoms with van der Waals surface area (Å²) < 4.78 is 3.09. The van der Waals surface area contributed by atoms with Crippen molar-refractivity contribution in [2.45, 2.75) is 19.9 Å². The number of para-hydroxylation sites is 1. The highest BCUT2D eigenvalue weighted by atomic mass is 79.9. The zero-order chi connectivity index (χ0) is 10.1. The van der Waals surface area contributed by atoms with Gasteiger partial charge < -0.3 is 10.3 Å². The normalized spacial score (nSPS) is 11.0. The summed E-state index contributed by atoms with van der Waals surface area (Å²) in [6, 6.07) is 5.95. The van der Waals surface area contributed by atoms with E-state index in [1.165, 1.54) is 0 Å². The Morgan fingerprint density at radius 2 is 2.29 bits per heavy atom. The molecule has 2 aromatic rings. The van der Waals surface area contributed by atoms with Gasteiger partial charge in [-0.25, -0.2) is 4.98 Å². The first kappa shape index (κ1) is 9.52. The van der Waals surface area contributed by atoms with E-state index in [0.717, 1.165) is 28.5 Å². The molecule has 0 spiro atoms. The molecule has 74 valence electrons. The molecule has 4 heteroatoms. The first-order chi connectivity index (χ1) is 6.74. The van der Waals surface area contributed by atoms with Crippen LogP contribution >= 0.6 is 15.9 Å². The number of nitrogen functional groups attached to an aromatic ring is 1. The van der Waals surface area contributed by atoms with Gasteiger partial charge in [0.25, 0.3) is 0 Å². The van der Waals surface area contributed by atoms with E-state index in [4.69, 9.17) is 5.73 Å². The summed E-state index contributed by atoms with van der Waals surface area (Å²) in [6.45, 7) is 3.03. The smallest absolute Gasteiger partial charge is 0.201 e. The highest BCUT2D eigenvalue weighted by molar-refractivity contribution is 9.10. The molecular formula is C10H12BrN3. The Bertz CT molecular complexity index is 462. The number of aryl methyl sites for hydroxylation is 1. The number of rotatable bonds is 2. The molecule has 14 heavy (non-hydrogen) atoms. The number of hydrogen-bond acceptors (Lipinski definition) is 2. The van der Waals surface area contributed by atoms with E-state index >= 15 is 0 Å². The van der Waals surface area contributed by atoms with Gasteiger partial charge in [-0.3, -0.25) is 0 Å². The summed E-state index contributed by atoms with van der Waals surface area (Å²) >= 11 is 3.51. The molecule has 1 heterocycles. The minimum Gasteiger partial charge on any atom is -0.369 e. The summed E-state index contributed by atoms with van der Waals surface area (Å²) in [4.78, 5) is 4.30. The summed E-state index contributed by atoms with van der Waals surface area (Å²) in [7, 11) is 0. The molecule has 1 aromatic heterocycles. The predicted octanol–water partition coefficient (Wildman–Crippen LogP) is 2.79. The Morgan fingerprint density at radius 1 is 1.50 bits per heavy atom. The Labute approximate surface area is 91.1 Å². The Morgan fingerprint density at radius 3 is 3.00 bits per heavy atom. The van der Waals surface area contributed by atoms with Crippen molar-refractivity contribution in [3.05, 3.63) is 22.7 Å². The first-order valence-electron chi connectivity index (χ1n) is 4.64. The van der Waals surface area contributed by atoms with Crippen LogP contribution in [0.4, 0.5) is 5.95 Å². The van der Waals surface area contributed by atoms with Crippen molar-refractivity contribution in [1.82, 2.24) is 9.55 Å². The van der Waals surface area contributed by atoms with Crippen LogP contribution in [0.2, 0.25) is 0 Å². The highest BCUT2D eigenvalue weighted by Crippen LogP contribution is 2.25. The van der Waals surface area contributed by atoms with Crippen LogP contribution in [-0.4, -0.2) is 9.55 Å². The highest BCUT2D eigenvalue weighted by Gasteiger charge is 2.09. The second-order valence-electron chi connectivity index (χ2n) is 3.23. The van der Waals surface area contributed by atoms with Gasteiger partial charge >= 0.3 is 0 Å². The number of imidazole rings is 1. The molecule has 2 N–H and O–H groups in total. The van der Waals surface area contributed by atoms with Crippen LogP contribution in [-0.2, 0) is 6.54 Å². The summed E-state index contributed by atoms with van der Waals surface area (Å²) in [6.07, 6.45) is 1.05. The molecule has 0 bridgehead atoms. The molecule has 0 fully saturated rings. The SMILES string of the molecule is CCCn1c(N)nc2cccc(Br)c21. The van der Waals surface area contributed by atoms with Crippen molar-refractivity contribution in [3.63, 3.8) is 0 Å². The van der Waals surface area contributed by atoms with Gasteiger partial charge in [-0.05, 0) is 34.5 Å². The van der Waals surface area contributed by atoms with E-state index in [-0.39, 0.29) is 0 Å². The minimum absolute atomic E-state index is 0.591. The fourth-order valence-corrected chi connectivity index (χ4v) is 2.18. The average Bonchev–Trinajstić information content (AvgIpc) is 2.45. The standard InChI is InChI=1S/C10H12BrN3/c1-2-6-14-9-7(11)4-3-5-8(9)13-10(14)12/h3-5H,2,6H2,1H3,(H2,12,13). The van der Waals surface area contributed by atoms with E-state index in [1.807, 2.05) is 22.8 Å². The van der Waals surface area contributed by atoms with Crippen LogP contribution in [0.25, 0.3) is 11.0 Å². The lowest BCUT2D eigenvalue weighted by Crippen LogP contribution is -2.02. The van der Waals surface area contributed by atoms with E-state index in [1.54, 1.807) is 0 Å². The zero-order valence-electron chi connectivity index (χ0n) is 8.00. The molecule has 0 saturated carbocycles. The molecule has 1 aromatic carbocycles. The van der Waals surface area contributed by atoms with Crippen molar-refractivity contribution in [1.29, 1.82) is 0 Å². The van der Waals surface area contributed by atoms with Crippen LogP contribution in [0, 0.1) is 0 Å². The van der Waals surface area contributed by atoms with Gasteiger partial charge in [-0.15, -0.1) is 0 Å². The van der Waals surface area contributed by atoms with Gasteiger partial charge in [0, 0.05) is 11.0 Å². The van der Waals surface area contributed by atoms with Gasteiger partial charge in [0.15, 0.2) is 0 Å². The number of nitrogens with zero attached hydrogens (tertiary/aromatic N) is 2. The third-order valence-corrected chi connectivity index (χ3v) is 2.83. The minimum atomic E-state index is 0.591. The van der Waals surface area contributed by atoms with Crippen LogP contribution in [0.1, 0.15) is 13.3 Å². The van der Waals surface area contributed by atoms with Crippen LogP contribution in [0.15, 0.2) is 22.7 Å². The fraction of sp³-hybridized carbons (Fsp3) is 0.300. The molecule has 0 aliphatic heterocycles. The fourth-order valence-electron chi connectivity index (χ4n) is 1.61. The lowest BCUT2D eigenvalue weighted by molar-refractivity contribution is 0.706. The lowest BCUT2D eigenvalue weighted by atomic mass is 10.3. The molecular weight excluding hydrogens is 242 g/mol. The van der Waals surface area contributed by atoms with Gasteiger partial charge in [0.1, 0.15) is 0 Å². The summed E-state index contributed by atoms with van der Waals surface area (Å²) in [5.74, 6) is 0.591. The van der Waals surface area contributed by atoms with Crippen molar-refractivity contribution in [2.75, 3.05) is 5.73 Å². The topological polar surface area (TPSA) is 43.8 Å². The number of hydrogen-bond donors (Lipinski definition) is 1. The van der Waals surface area contributed by atoms with E-state index < -0.39 is 0 Å². The average molecular weight is 254 g/mol. The molecule has 0 amide bonds.